The Morgan fingerprint density at radius 3 is 2.52 bits per heavy atom. The first-order valence-electron chi connectivity index (χ1n) is 9.18. The molecule has 0 aromatic heterocycles. The number of halogens is 1. The van der Waals surface area contributed by atoms with E-state index in [1.165, 1.54) is 5.56 Å². The molecule has 0 saturated carbocycles. The van der Waals surface area contributed by atoms with Gasteiger partial charge in [0.15, 0.2) is 6.61 Å². The second-order valence-corrected chi connectivity index (χ2v) is 7.68. The number of benzene rings is 2. The molecule has 1 aliphatic rings. The quantitative estimate of drug-likeness (QED) is 0.733. The number of morpholine rings is 1. The summed E-state index contributed by atoms with van der Waals surface area (Å²) in [5.74, 6) is 0.922. The molecule has 0 spiro atoms. The first-order chi connectivity index (χ1) is 13.0. The van der Waals surface area contributed by atoms with Crippen molar-refractivity contribution in [1.29, 1.82) is 0 Å². The molecule has 6 heteroatoms. The Labute approximate surface area is 168 Å². The molecule has 5 nitrogen and oxygen atoms in total. The SMILES string of the molecule is CC(C)c1ccc(OCC(=O)Nc2ccc(N3CCOCC3)cc2)c(Br)c1. The van der Waals surface area contributed by atoms with Crippen molar-refractivity contribution >= 4 is 33.2 Å². The van der Waals surface area contributed by atoms with Crippen LogP contribution in [0.2, 0.25) is 0 Å². The van der Waals surface area contributed by atoms with Crippen molar-refractivity contribution in [2.24, 2.45) is 0 Å². The van der Waals surface area contributed by atoms with Crippen LogP contribution >= 0.6 is 15.9 Å². The maximum Gasteiger partial charge on any atom is 0.262 e. The fraction of sp³-hybridized carbons (Fsp3) is 0.381. The molecule has 27 heavy (non-hydrogen) atoms. The Hall–Kier alpha value is -2.05. The molecule has 1 N–H and O–H groups in total. The Morgan fingerprint density at radius 2 is 1.89 bits per heavy atom. The van der Waals surface area contributed by atoms with Gasteiger partial charge in [-0.1, -0.05) is 19.9 Å². The van der Waals surface area contributed by atoms with Gasteiger partial charge >= 0.3 is 0 Å². The summed E-state index contributed by atoms with van der Waals surface area (Å²) in [6, 6.07) is 13.8. The fourth-order valence-corrected chi connectivity index (χ4v) is 3.42. The summed E-state index contributed by atoms with van der Waals surface area (Å²) >= 11 is 3.51. The predicted molar refractivity (Wildman–Crippen MR) is 112 cm³/mol. The number of amides is 1. The van der Waals surface area contributed by atoms with Crippen molar-refractivity contribution in [2.45, 2.75) is 19.8 Å². The van der Waals surface area contributed by atoms with Crippen LogP contribution in [0.25, 0.3) is 0 Å². The Morgan fingerprint density at radius 1 is 1.19 bits per heavy atom. The van der Waals surface area contributed by atoms with Gasteiger partial charge in [0, 0.05) is 24.5 Å². The minimum Gasteiger partial charge on any atom is -0.483 e. The summed E-state index contributed by atoms with van der Waals surface area (Å²) in [5, 5.41) is 2.87. The second-order valence-electron chi connectivity index (χ2n) is 6.83. The summed E-state index contributed by atoms with van der Waals surface area (Å²) < 4.78 is 11.9. The predicted octanol–water partition coefficient (Wildman–Crippen LogP) is 4.43. The monoisotopic (exact) mass is 432 g/mol. The zero-order valence-corrected chi connectivity index (χ0v) is 17.3. The highest BCUT2D eigenvalue weighted by atomic mass is 79.9. The molecule has 1 aliphatic heterocycles. The lowest BCUT2D eigenvalue weighted by Crippen LogP contribution is -2.36. The van der Waals surface area contributed by atoms with Crippen LogP contribution in [-0.2, 0) is 9.53 Å². The molecule has 1 fully saturated rings. The number of nitrogens with zero attached hydrogens (tertiary/aromatic N) is 1. The largest absolute Gasteiger partial charge is 0.483 e. The zero-order valence-electron chi connectivity index (χ0n) is 15.7. The third-order valence-corrected chi connectivity index (χ3v) is 5.13. The molecule has 0 unspecified atom stereocenters. The molecule has 0 radical (unpaired) electrons. The van der Waals surface area contributed by atoms with Gasteiger partial charge in [-0.15, -0.1) is 0 Å². The average molecular weight is 433 g/mol. The molecule has 0 atom stereocenters. The molecule has 1 amide bonds. The lowest BCUT2D eigenvalue weighted by molar-refractivity contribution is -0.118. The number of anilines is 2. The van der Waals surface area contributed by atoms with E-state index in [0.717, 1.165) is 42.2 Å². The standard InChI is InChI=1S/C21H25BrN2O3/c1-15(2)16-3-8-20(19(22)13-16)27-14-21(25)23-17-4-6-18(7-5-17)24-9-11-26-12-10-24/h3-8,13,15H,9-12,14H2,1-2H3,(H,23,25). The topological polar surface area (TPSA) is 50.8 Å². The maximum atomic E-state index is 12.2. The molecular formula is C21H25BrN2O3. The second kappa shape index (κ2) is 9.24. The highest BCUT2D eigenvalue weighted by molar-refractivity contribution is 9.10. The lowest BCUT2D eigenvalue weighted by Gasteiger charge is -2.28. The normalized spacial score (nSPS) is 14.3. The Balaban J connectivity index is 1.52. The summed E-state index contributed by atoms with van der Waals surface area (Å²) in [6.45, 7) is 7.53. The number of hydrogen-bond acceptors (Lipinski definition) is 4. The third kappa shape index (κ3) is 5.47. The molecule has 2 aromatic carbocycles. The van der Waals surface area contributed by atoms with Crippen LogP contribution in [-0.4, -0.2) is 38.8 Å². The molecular weight excluding hydrogens is 408 g/mol. The number of carbonyl (C=O) groups excluding carboxylic acids is 1. The van der Waals surface area contributed by atoms with Crippen molar-refractivity contribution in [3.8, 4) is 5.75 Å². The van der Waals surface area contributed by atoms with Crippen molar-refractivity contribution in [3.63, 3.8) is 0 Å². The van der Waals surface area contributed by atoms with Crippen molar-refractivity contribution < 1.29 is 14.3 Å². The summed E-state index contributed by atoms with van der Waals surface area (Å²) in [7, 11) is 0. The van der Waals surface area contributed by atoms with Gasteiger partial charge in [-0.05, 0) is 63.8 Å². The van der Waals surface area contributed by atoms with E-state index in [9.17, 15) is 4.79 Å². The first kappa shape index (κ1) is 19.7. The van der Waals surface area contributed by atoms with E-state index in [2.05, 4.69) is 40.0 Å². The number of nitrogens with one attached hydrogen (secondary N) is 1. The third-order valence-electron chi connectivity index (χ3n) is 4.51. The van der Waals surface area contributed by atoms with Gasteiger partial charge in [0.2, 0.25) is 0 Å². The van der Waals surface area contributed by atoms with Gasteiger partial charge in [0.05, 0.1) is 17.7 Å². The number of hydrogen-bond donors (Lipinski definition) is 1. The van der Waals surface area contributed by atoms with Crippen LogP contribution in [0.3, 0.4) is 0 Å². The molecule has 3 rings (SSSR count). The molecule has 1 heterocycles. The van der Waals surface area contributed by atoms with Gasteiger partial charge in [-0.3, -0.25) is 4.79 Å². The Bertz CT molecular complexity index is 771. The first-order valence-corrected chi connectivity index (χ1v) is 9.97. The van der Waals surface area contributed by atoms with Crippen LogP contribution in [0, 0.1) is 0 Å². The van der Waals surface area contributed by atoms with Crippen molar-refractivity contribution in [2.75, 3.05) is 43.1 Å². The van der Waals surface area contributed by atoms with Gasteiger partial charge in [0.25, 0.3) is 5.91 Å². The van der Waals surface area contributed by atoms with Gasteiger partial charge < -0.3 is 19.7 Å². The summed E-state index contributed by atoms with van der Waals surface area (Å²) in [4.78, 5) is 14.5. The highest BCUT2D eigenvalue weighted by Gasteiger charge is 2.12. The molecule has 2 aromatic rings. The zero-order chi connectivity index (χ0) is 19.2. The van der Waals surface area contributed by atoms with Crippen molar-refractivity contribution in [1.82, 2.24) is 0 Å². The minimum absolute atomic E-state index is 0.0369. The summed E-state index contributed by atoms with van der Waals surface area (Å²) in [6.07, 6.45) is 0. The molecule has 1 saturated heterocycles. The van der Waals surface area contributed by atoms with E-state index in [1.807, 2.05) is 42.5 Å². The fourth-order valence-electron chi connectivity index (χ4n) is 2.91. The van der Waals surface area contributed by atoms with Gasteiger partial charge in [0.1, 0.15) is 5.75 Å². The van der Waals surface area contributed by atoms with Crippen LogP contribution < -0.4 is 15.0 Å². The summed E-state index contributed by atoms with van der Waals surface area (Å²) in [5.41, 5.74) is 3.12. The van der Waals surface area contributed by atoms with E-state index < -0.39 is 0 Å². The molecule has 0 aliphatic carbocycles. The smallest absolute Gasteiger partial charge is 0.262 e. The van der Waals surface area contributed by atoms with Gasteiger partial charge in [-0.2, -0.15) is 0 Å². The van der Waals surface area contributed by atoms with Crippen LogP contribution in [0.15, 0.2) is 46.9 Å². The van der Waals surface area contributed by atoms with Crippen LogP contribution in [0.4, 0.5) is 11.4 Å². The lowest BCUT2D eigenvalue weighted by atomic mass is 10.0. The average Bonchev–Trinajstić information content (AvgIpc) is 2.68. The van der Waals surface area contributed by atoms with Crippen molar-refractivity contribution in [3.05, 3.63) is 52.5 Å². The highest BCUT2D eigenvalue weighted by Crippen LogP contribution is 2.29. The van der Waals surface area contributed by atoms with E-state index in [1.54, 1.807) is 0 Å². The number of carbonyl (C=O) groups is 1. The molecule has 144 valence electrons. The Kier molecular flexibility index (Phi) is 6.74. The van der Waals surface area contributed by atoms with Crippen LogP contribution in [0.5, 0.6) is 5.75 Å². The van der Waals surface area contributed by atoms with E-state index in [-0.39, 0.29) is 12.5 Å². The molecule has 0 bridgehead atoms. The number of ether oxygens (including phenoxy) is 2. The van der Waals surface area contributed by atoms with E-state index >= 15 is 0 Å². The van der Waals surface area contributed by atoms with E-state index in [0.29, 0.717) is 11.7 Å². The maximum absolute atomic E-state index is 12.2. The minimum atomic E-state index is -0.186. The number of rotatable bonds is 6. The van der Waals surface area contributed by atoms with Gasteiger partial charge in [-0.25, -0.2) is 0 Å². The van der Waals surface area contributed by atoms with E-state index in [4.69, 9.17) is 9.47 Å². The van der Waals surface area contributed by atoms with Crippen LogP contribution in [0.1, 0.15) is 25.3 Å².